The van der Waals surface area contributed by atoms with Gasteiger partial charge in [0.05, 0.1) is 5.69 Å². The second-order valence-electron chi connectivity index (χ2n) is 4.24. The number of halogens is 1. The van der Waals surface area contributed by atoms with Gasteiger partial charge in [-0.15, -0.1) is 0 Å². The summed E-state index contributed by atoms with van der Waals surface area (Å²) < 4.78 is 3.21. The first-order chi connectivity index (χ1) is 8.81. The maximum Gasteiger partial charge on any atom is 0.0522 e. The maximum absolute atomic E-state index is 4.32. The summed E-state index contributed by atoms with van der Waals surface area (Å²) in [6.45, 7) is 4.86. The smallest absolute Gasteiger partial charge is 0.0522 e. The highest BCUT2D eigenvalue weighted by molar-refractivity contribution is 9.10. The molecule has 0 aliphatic rings. The zero-order valence-electron chi connectivity index (χ0n) is 10.6. The number of nitrogens with zero attached hydrogens (tertiary/aromatic N) is 2. The molecule has 0 amide bonds. The number of aromatic nitrogens is 2. The van der Waals surface area contributed by atoms with E-state index in [0.29, 0.717) is 0 Å². The molecule has 1 aromatic carbocycles. The van der Waals surface area contributed by atoms with Crippen LogP contribution in [0.15, 0.2) is 41.0 Å². The quantitative estimate of drug-likeness (QED) is 0.887. The number of aryl methyl sites for hydroxylation is 1. The monoisotopic (exact) mass is 307 g/mol. The molecular weight excluding hydrogens is 290 g/mol. The van der Waals surface area contributed by atoms with E-state index in [1.165, 1.54) is 11.3 Å². The summed E-state index contributed by atoms with van der Waals surface area (Å²) in [5, 5.41) is 7.77. The van der Waals surface area contributed by atoms with Crippen LogP contribution in [-0.4, -0.2) is 9.78 Å². The minimum absolute atomic E-state index is 0.849. The molecule has 0 fully saturated rings. The van der Waals surface area contributed by atoms with Crippen LogP contribution in [0.5, 0.6) is 0 Å². The van der Waals surface area contributed by atoms with Gasteiger partial charge in [-0.05, 0) is 24.1 Å². The molecule has 0 saturated carbocycles. The highest BCUT2D eigenvalue weighted by Crippen LogP contribution is 2.15. The van der Waals surface area contributed by atoms with E-state index in [2.05, 4.69) is 62.2 Å². The second-order valence-corrected chi connectivity index (χ2v) is 5.09. The fourth-order valence-corrected chi connectivity index (χ4v) is 2.32. The van der Waals surface area contributed by atoms with Gasteiger partial charge in [0.15, 0.2) is 0 Å². The lowest BCUT2D eigenvalue weighted by molar-refractivity contribution is 0.549. The van der Waals surface area contributed by atoms with Crippen molar-refractivity contribution in [3.8, 4) is 0 Å². The molecule has 2 rings (SSSR count). The SMILES string of the molecule is CCCn1nccc1CNCc1ccccc1Br. The molecule has 0 bridgehead atoms. The standard InChI is InChI=1S/C14H18BrN3/c1-2-9-18-13(7-8-17-18)11-16-10-12-5-3-4-6-14(12)15/h3-8,16H,2,9-11H2,1H3. The molecule has 2 aromatic rings. The highest BCUT2D eigenvalue weighted by Gasteiger charge is 2.02. The fourth-order valence-electron chi connectivity index (χ4n) is 1.89. The van der Waals surface area contributed by atoms with Gasteiger partial charge >= 0.3 is 0 Å². The molecule has 0 radical (unpaired) electrons. The average Bonchev–Trinajstić information content (AvgIpc) is 2.80. The lowest BCUT2D eigenvalue weighted by Crippen LogP contribution is -2.16. The summed E-state index contributed by atoms with van der Waals surface area (Å²) >= 11 is 3.56. The van der Waals surface area contributed by atoms with Crippen molar-refractivity contribution in [2.45, 2.75) is 33.0 Å². The Morgan fingerprint density at radius 3 is 2.83 bits per heavy atom. The van der Waals surface area contributed by atoms with Gasteiger partial charge < -0.3 is 5.32 Å². The maximum atomic E-state index is 4.32. The minimum Gasteiger partial charge on any atom is -0.307 e. The Morgan fingerprint density at radius 1 is 1.22 bits per heavy atom. The molecule has 96 valence electrons. The van der Waals surface area contributed by atoms with Crippen LogP contribution < -0.4 is 5.32 Å². The molecule has 1 heterocycles. The predicted octanol–water partition coefficient (Wildman–Crippen LogP) is 3.35. The summed E-state index contributed by atoms with van der Waals surface area (Å²) in [7, 11) is 0. The summed E-state index contributed by atoms with van der Waals surface area (Å²) in [5.41, 5.74) is 2.52. The van der Waals surface area contributed by atoms with Crippen molar-refractivity contribution in [1.29, 1.82) is 0 Å². The fraction of sp³-hybridized carbons (Fsp3) is 0.357. The van der Waals surface area contributed by atoms with E-state index < -0.39 is 0 Å². The average molecular weight is 308 g/mol. The normalized spacial score (nSPS) is 10.8. The van der Waals surface area contributed by atoms with Crippen LogP contribution >= 0.6 is 15.9 Å². The first kappa shape index (κ1) is 13.3. The van der Waals surface area contributed by atoms with Crippen LogP contribution in [0.1, 0.15) is 24.6 Å². The topological polar surface area (TPSA) is 29.9 Å². The van der Waals surface area contributed by atoms with E-state index in [-0.39, 0.29) is 0 Å². The van der Waals surface area contributed by atoms with Gasteiger partial charge in [-0.2, -0.15) is 5.10 Å². The number of nitrogens with one attached hydrogen (secondary N) is 1. The third-order valence-electron chi connectivity index (χ3n) is 2.82. The van der Waals surface area contributed by atoms with E-state index in [9.17, 15) is 0 Å². The van der Waals surface area contributed by atoms with Crippen LogP contribution in [0.2, 0.25) is 0 Å². The van der Waals surface area contributed by atoms with Gasteiger partial charge in [0.25, 0.3) is 0 Å². The molecule has 18 heavy (non-hydrogen) atoms. The largest absolute Gasteiger partial charge is 0.307 e. The van der Waals surface area contributed by atoms with E-state index in [4.69, 9.17) is 0 Å². The van der Waals surface area contributed by atoms with Gasteiger partial charge in [0, 0.05) is 30.3 Å². The Morgan fingerprint density at radius 2 is 2.06 bits per heavy atom. The lowest BCUT2D eigenvalue weighted by Gasteiger charge is -2.08. The molecule has 0 saturated heterocycles. The number of hydrogen-bond acceptors (Lipinski definition) is 2. The van der Waals surface area contributed by atoms with E-state index in [1.54, 1.807) is 0 Å². The molecule has 1 N–H and O–H groups in total. The summed E-state index contributed by atoms with van der Waals surface area (Å²) in [6, 6.07) is 10.4. The van der Waals surface area contributed by atoms with Gasteiger partial charge in [0.2, 0.25) is 0 Å². The molecule has 1 aromatic heterocycles. The van der Waals surface area contributed by atoms with E-state index in [1.807, 2.05) is 12.3 Å². The van der Waals surface area contributed by atoms with Crippen molar-refractivity contribution < 1.29 is 0 Å². The summed E-state index contributed by atoms with van der Waals surface area (Å²) in [5.74, 6) is 0. The molecule has 0 spiro atoms. The Balaban J connectivity index is 1.88. The number of hydrogen-bond donors (Lipinski definition) is 1. The third kappa shape index (κ3) is 3.43. The number of rotatable bonds is 6. The minimum atomic E-state index is 0.849. The Hall–Kier alpha value is -1.13. The lowest BCUT2D eigenvalue weighted by atomic mass is 10.2. The van der Waals surface area contributed by atoms with Crippen molar-refractivity contribution >= 4 is 15.9 Å². The van der Waals surface area contributed by atoms with Crippen molar-refractivity contribution in [3.63, 3.8) is 0 Å². The zero-order chi connectivity index (χ0) is 12.8. The highest BCUT2D eigenvalue weighted by atomic mass is 79.9. The molecule has 0 aliphatic carbocycles. The zero-order valence-corrected chi connectivity index (χ0v) is 12.2. The Bertz CT molecular complexity index is 493. The van der Waals surface area contributed by atoms with Crippen LogP contribution in [0.3, 0.4) is 0 Å². The molecule has 0 aliphatic heterocycles. The predicted molar refractivity (Wildman–Crippen MR) is 77.2 cm³/mol. The molecule has 3 nitrogen and oxygen atoms in total. The summed E-state index contributed by atoms with van der Waals surface area (Å²) in [4.78, 5) is 0. The van der Waals surface area contributed by atoms with Crippen LogP contribution in [0.25, 0.3) is 0 Å². The number of benzene rings is 1. The molecule has 0 unspecified atom stereocenters. The second kappa shape index (κ2) is 6.71. The molecular formula is C14H18BrN3. The van der Waals surface area contributed by atoms with Gasteiger partial charge in [-0.1, -0.05) is 41.1 Å². The first-order valence-corrected chi connectivity index (χ1v) is 7.05. The third-order valence-corrected chi connectivity index (χ3v) is 3.59. The van der Waals surface area contributed by atoms with Crippen LogP contribution in [-0.2, 0) is 19.6 Å². The van der Waals surface area contributed by atoms with Gasteiger partial charge in [-0.3, -0.25) is 4.68 Å². The van der Waals surface area contributed by atoms with E-state index in [0.717, 1.165) is 30.5 Å². The Labute approximate surface area is 116 Å². The van der Waals surface area contributed by atoms with Crippen LogP contribution in [0.4, 0.5) is 0 Å². The summed E-state index contributed by atoms with van der Waals surface area (Å²) in [6.07, 6.45) is 2.98. The van der Waals surface area contributed by atoms with Gasteiger partial charge in [-0.25, -0.2) is 0 Å². The van der Waals surface area contributed by atoms with Gasteiger partial charge in [0.1, 0.15) is 0 Å². The molecule has 0 atom stereocenters. The van der Waals surface area contributed by atoms with Crippen molar-refractivity contribution in [2.75, 3.05) is 0 Å². The van der Waals surface area contributed by atoms with E-state index >= 15 is 0 Å². The Kier molecular flexibility index (Phi) is 4.96. The van der Waals surface area contributed by atoms with Crippen molar-refractivity contribution in [3.05, 3.63) is 52.3 Å². The molecule has 4 heteroatoms. The van der Waals surface area contributed by atoms with Crippen molar-refractivity contribution in [2.24, 2.45) is 0 Å². The van der Waals surface area contributed by atoms with Crippen molar-refractivity contribution in [1.82, 2.24) is 15.1 Å². The van der Waals surface area contributed by atoms with Crippen LogP contribution in [0, 0.1) is 0 Å². The first-order valence-electron chi connectivity index (χ1n) is 6.26.